The molecule has 182 valence electrons. The van der Waals surface area contributed by atoms with Crippen LogP contribution >= 0.6 is 0 Å². The lowest BCUT2D eigenvalue weighted by molar-refractivity contribution is -0.0631. The summed E-state index contributed by atoms with van der Waals surface area (Å²) in [6.07, 6.45) is -1.72. The van der Waals surface area contributed by atoms with Crippen molar-refractivity contribution in [3.05, 3.63) is 12.2 Å². The van der Waals surface area contributed by atoms with Crippen molar-refractivity contribution < 1.29 is 27.6 Å². The van der Waals surface area contributed by atoms with Crippen molar-refractivity contribution in [2.45, 2.75) is 102 Å². The number of ether oxygens (including phenoxy) is 1. The molecule has 1 amide bonds. The third-order valence-corrected chi connectivity index (χ3v) is 16.9. The summed E-state index contributed by atoms with van der Waals surface area (Å²) in [7, 11) is -5.57. The quantitative estimate of drug-likeness (QED) is 0.587. The third kappa shape index (κ3) is 4.21. The summed E-state index contributed by atoms with van der Waals surface area (Å²) in [6.45, 7) is 17.4. The minimum Gasteiger partial charge on any atom is -0.414 e. The van der Waals surface area contributed by atoms with Crippen LogP contribution in [0.25, 0.3) is 0 Å². The van der Waals surface area contributed by atoms with E-state index in [-0.39, 0.29) is 34.6 Å². The number of nitrogens with two attached hydrogens (primary N) is 1. The number of carbonyl (C=O) groups excluding carboxylic acids is 1. The summed E-state index contributed by atoms with van der Waals surface area (Å²) < 4.78 is 28.1. The molecule has 2 saturated heterocycles. The Morgan fingerprint density at radius 2 is 1.66 bits per heavy atom. The van der Waals surface area contributed by atoms with Gasteiger partial charge < -0.3 is 28.5 Å². The van der Waals surface area contributed by atoms with Crippen LogP contribution in [0.5, 0.6) is 0 Å². The Morgan fingerprint density at radius 1 is 1.09 bits per heavy atom. The smallest absolute Gasteiger partial charge is 0.335 e. The predicted molar refractivity (Wildman–Crippen MR) is 122 cm³/mol. The molecule has 2 fully saturated rings. The topological polar surface area (TPSA) is 131 Å². The number of hydrogen-bond donors (Lipinski definition) is 2. The second-order valence-electron chi connectivity index (χ2n) is 10.0. The first-order chi connectivity index (χ1) is 14.9. The minimum atomic E-state index is -2.87. The third-order valence-electron chi connectivity index (χ3n) is 6.63. The highest BCUT2D eigenvalue weighted by Gasteiger charge is 2.61. The number of hydrogen-bond acceptors (Lipinski definition) is 8. The van der Waals surface area contributed by atoms with Crippen molar-refractivity contribution in [3.8, 4) is 0 Å². The summed E-state index contributed by atoms with van der Waals surface area (Å²) >= 11 is 0. The number of carbonyl (C=O) groups is 1. The van der Waals surface area contributed by atoms with Crippen molar-refractivity contribution in [3.63, 3.8) is 0 Å². The van der Waals surface area contributed by atoms with Gasteiger partial charge in [0.1, 0.15) is 24.6 Å². The molecule has 1 aromatic heterocycles. The average Bonchev–Trinajstić information content (AvgIpc) is 3.27. The highest BCUT2D eigenvalue weighted by atomic mass is 28.5. The van der Waals surface area contributed by atoms with Crippen LogP contribution in [-0.4, -0.2) is 67.8 Å². The zero-order chi connectivity index (χ0) is 24.0. The number of primary amides is 1. The van der Waals surface area contributed by atoms with E-state index in [2.05, 4.69) is 65.5 Å². The largest absolute Gasteiger partial charge is 0.414 e. The van der Waals surface area contributed by atoms with Crippen molar-refractivity contribution in [1.29, 1.82) is 0 Å². The van der Waals surface area contributed by atoms with Crippen molar-refractivity contribution in [1.82, 2.24) is 14.8 Å². The second kappa shape index (κ2) is 9.24. The van der Waals surface area contributed by atoms with Gasteiger partial charge >= 0.3 is 17.1 Å². The maximum atomic E-state index is 11.4. The summed E-state index contributed by atoms with van der Waals surface area (Å²) in [5, 5.41) is 15.3. The molecule has 0 saturated carbocycles. The summed E-state index contributed by atoms with van der Waals surface area (Å²) in [5.41, 5.74) is 5.96. The maximum Gasteiger partial charge on any atom is 0.335 e. The number of nitrogens with zero attached hydrogens (tertiary/aromatic N) is 3. The van der Waals surface area contributed by atoms with Gasteiger partial charge in [0.25, 0.3) is 5.91 Å². The van der Waals surface area contributed by atoms with Crippen LogP contribution in [0.1, 0.15) is 72.2 Å². The molecule has 1 aromatic rings. The van der Waals surface area contributed by atoms with E-state index in [1.54, 1.807) is 0 Å². The number of aliphatic hydroxyl groups is 1. The van der Waals surface area contributed by atoms with Gasteiger partial charge in [0.05, 0.1) is 6.61 Å². The Kier molecular flexibility index (Phi) is 7.35. The van der Waals surface area contributed by atoms with E-state index >= 15 is 0 Å². The van der Waals surface area contributed by atoms with Crippen LogP contribution in [0.2, 0.25) is 22.2 Å². The molecule has 2 aliphatic heterocycles. The van der Waals surface area contributed by atoms with E-state index in [1.807, 2.05) is 0 Å². The Labute approximate surface area is 192 Å². The lowest BCUT2D eigenvalue weighted by Crippen LogP contribution is -2.65. The van der Waals surface area contributed by atoms with E-state index < -0.39 is 47.6 Å². The van der Waals surface area contributed by atoms with Crippen molar-refractivity contribution >= 4 is 23.0 Å². The van der Waals surface area contributed by atoms with Gasteiger partial charge in [-0.2, -0.15) is 0 Å². The van der Waals surface area contributed by atoms with Gasteiger partial charge in [-0.25, -0.2) is 9.67 Å². The molecule has 4 unspecified atom stereocenters. The van der Waals surface area contributed by atoms with Crippen LogP contribution in [-0.2, 0) is 17.7 Å². The number of fused-ring (bicyclic) bond motifs is 1. The molecule has 3 rings (SSSR count). The minimum absolute atomic E-state index is 0.133. The fraction of sp³-hybridized carbons (Fsp3) is 0.850. The second-order valence-corrected chi connectivity index (χ2v) is 18.9. The molecule has 0 spiro atoms. The van der Waals surface area contributed by atoms with Crippen molar-refractivity contribution in [2.24, 2.45) is 5.73 Å². The molecule has 12 heteroatoms. The fourth-order valence-corrected chi connectivity index (χ4v) is 16.1. The molecule has 0 bridgehead atoms. The average molecular weight is 487 g/mol. The zero-order valence-electron chi connectivity index (χ0n) is 20.3. The standard InChI is InChI=1S/C20H38N4O6Si2/c1-11(2)31(12(3)4)27-9-15-17(29-32(30-31,13(5)6)14(7)8)16(25)20(28-15)24-10-22-19(23-24)18(21)26/h10-17,20,25H,9H2,1-8H3,(H2,21,26). The van der Waals surface area contributed by atoms with Crippen LogP contribution in [0.3, 0.4) is 0 Å². The number of aromatic nitrogens is 3. The first-order valence-electron chi connectivity index (χ1n) is 11.4. The van der Waals surface area contributed by atoms with E-state index in [0.29, 0.717) is 0 Å². The SMILES string of the molecule is CC(C)[Si]1(C(C)C)OCC2OC(n3cnc(C(N)=O)n3)C(O)C2O[Si](C(C)C)(C(C)C)O1. The Morgan fingerprint density at radius 3 is 2.12 bits per heavy atom. The molecule has 32 heavy (non-hydrogen) atoms. The lowest BCUT2D eigenvalue weighted by atomic mass is 10.1. The lowest BCUT2D eigenvalue weighted by Gasteiger charge is -2.51. The van der Waals surface area contributed by atoms with E-state index in [4.69, 9.17) is 23.4 Å². The molecule has 4 atom stereocenters. The summed E-state index contributed by atoms with van der Waals surface area (Å²) in [6, 6.07) is 0. The van der Waals surface area contributed by atoms with Gasteiger partial charge in [0.2, 0.25) is 5.82 Å². The fourth-order valence-electron chi connectivity index (χ4n) is 4.87. The summed E-state index contributed by atoms with van der Waals surface area (Å²) in [5.74, 6) is -0.879. The van der Waals surface area contributed by atoms with Crippen LogP contribution in [0, 0.1) is 0 Å². The van der Waals surface area contributed by atoms with Gasteiger partial charge in [-0.1, -0.05) is 55.4 Å². The molecular formula is C20H38N4O6Si2. The Balaban J connectivity index is 2.03. The monoisotopic (exact) mass is 486 g/mol. The van der Waals surface area contributed by atoms with Gasteiger partial charge in [0, 0.05) is 0 Å². The molecule has 3 heterocycles. The van der Waals surface area contributed by atoms with E-state index in [1.165, 1.54) is 11.0 Å². The predicted octanol–water partition coefficient (Wildman–Crippen LogP) is 2.59. The highest BCUT2D eigenvalue weighted by molar-refractivity contribution is 6.83. The first-order valence-corrected chi connectivity index (χ1v) is 15.4. The van der Waals surface area contributed by atoms with Gasteiger partial charge in [0.15, 0.2) is 6.23 Å². The molecule has 2 aliphatic rings. The summed E-state index contributed by atoms with van der Waals surface area (Å²) in [4.78, 5) is 15.3. The van der Waals surface area contributed by atoms with E-state index in [9.17, 15) is 9.90 Å². The number of amides is 1. The molecule has 0 aliphatic carbocycles. The molecule has 10 nitrogen and oxygen atoms in total. The first kappa shape index (κ1) is 25.5. The Bertz CT molecular complexity index is 802. The molecule has 0 radical (unpaired) electrons. The Hall–Kier alpha value is -1.16. The van der Waals surface area contributed by atoms with Crippen LogP contribution < -0.4 is 5.73 Å². The maximum absolute atomic E-state index is 11.4. The molecule has 0 aromatic carbocycles. The zero-order valence-corrected chi connectivity index (χ0v) is 22.3. The van der Waals surface area contributed by atoms with Crippen LogP contribution in [0.4, 0.5) is 0 Å². The number of rotatable bonds is 6. The van der Waals surface area contributed by atoms with E-state index in [0.717, 1.165) is 0 Å². The number of aliphatic hydroxyl groups excluding tert-OH is 1. The molecule has 3 N–H and O–H groups in total. The van der Waals surface area contributed by atoms with Crippen molar-refractivity contribution in [2.75, 3.05) is 6.61 Å². The van der Waals surface area contributed by atoms with Gasteiger partial charge in [-0.15, -0.1) is 5.10 Å². The van der Waals surface area contributed by atoms with Gasteiger partial charge in [-0.3, -0.25) is 4.79 Å². The molecular weight excluding hydrogens is 448 g/mol. The van der Waals surface area contributed by atoms with Gasteiger partial charge in [-0.05, 0) is 22.2 Å². The highest BCUT2D eigenvalue weighted by Crippen LogP contribution is 2.48. The normalized spacial score (nSPS) is 30.0. The van der Waals surface area contributed by atoms with Crippen LogP contribution in [0.15, 0.2) is 6.33 Å².